The average Bonchev–Trinajstić information content (AvgIpc) is 2.52. The number of hydrogen-bond donors (Lipinski definition) is 2. The molecule has 25 heavy (non-hydrogen) atoms. The molecule has 0 saturated carbocycles. The molecule has 0 aromatic heterocycles. The lowest BCUT2D eigenvalue weighted by atomic mass is 9.91. The van der Waals surface area contributed by atoms with Crippen LogP contribution in [0.15, 0.2) is 52.7 Å². The number of nitrogens with zero attached hydrogens (tertiary/aromatic N) is 2. The van der Waals surface area contributed by atoms with E-state index in [-0.39, 0.29) is 5.41 Å². The Bertz CT molecular complexity index is 758. The standard InChI is InChI=1S/C18H19Cl3N4/c1-18(2,3)16(11-22-23-13-7-5-4-6-8-13)24-25-17-14(20)9-12(19)10-15(17)21/h4-11,23,25H,1-3H3. The van der Waals surface area contributed by atoms with Gasteiger partial charge in [0.1, 0.15) is 0 Å². The van der Waals surface area contributed by atoms with Gasteiger partial charge < -0.3 is 0 Å². The summed E-state index contributed by atoms with van der Waals surface area (Å²) in [5, 5.41) is 9.92. The van der Waals surface area contributed by atoms with E-state index < -0.39 is 0 Å². The molecule has 0 fully saturated rings. The van der Waals surface area contributed by atoms with E-state index in [2.05, 4.69) is 21.1 Å². The summed E-state index contributed by atoms with van der Waals surface area (Å²) in [6, 6.07) is 12.9. The number of hydrazone groups is 2. The third-order valence-corrected chi connectivity index (χ3v) is 4.03. The Hall–Kier alpha value is -1.75. The lowest BCUT2D eigenvalue weighted by Gasteiger charge is -2.18. The molecule has 0 spiro atoms. The Labute approximate surface area is 162 Å². The van der Waals surface area contributed by atoms with Crippen molar-refractivity contribution in [3.05, 3.63) is 57.5 Å². The number of anilines is 2. The lowest BCUT2D eigenvalue weighted by Crippen LogP contribution is -2.23. The summed E-state index contributed by atoms with van der Waals surface area (Å²) in [5.41, 5.74) is 7.75. The van der Waals surface area contributed by atoms with E-state index >= 15 is 0 Å². The van der Waals surface area contributed by atoms with Gasteiger partial charge >= 0.3 is 0 Å². The fraction of sp³-hybridized carbons (Fsp3) is 0.222. The zero-order chi connectivity index (χ0) is 18.4. The predicted octanol–water partition coefficient (Wildman–Crippen LogP) is 6.56. The SMILES string of the molecule is CC(C)(C)C(C=NNc1ccccc1)=NNc1c(Cl)cc(Cl)cc1Cl. The van der Waals surface area contributed by atoms with E-state index in [1.54, 1.807) is 18.3 Å². The first-order chi connectivity index (χ1) is 11.8. The van der Waals surface area contributed by atoms with Crippen LogP contribution in [0.1, 0.15) is 20.8 Å². The number of rotatable bonds is 5. The summed E-state index contributed by atoms with van der Waals surface area (Å²) in [7, 11) is 0. The second-order valence-corrected chi connectivity index (χ2v) is 7.59. The monoisotopic (exact) mass is 396 g/mol. The molecule has 0 bridgehead atoms. The van der Waals surface area contributed by atoms with Gasteiger partial charge in [0.2, 0.25) is 0 Å². The van der Waals surface area contributed by atoms with Crippen molar-refractivity contribution in [2.45, 2.75) is 20.8 Å². The predicted molar refractivity (Wildman–Crippen MR) is 111 cm³/mol. The smallest absolute Gasteiger partial charge is 0.0935 e. The van der Waals surface area contributed by atoms with Crippen molar-refractivity contribution in [1.29, 1.82) is 0 Å². The molecular weight excluding hydrogens is 379 g/mol. The van der Waals surface area contributed by atoms with Gasteiger partial charge in [-0.05, 0) is 24.3 Å². The van der Waals surface area contributed by atoms with Gasteiger partial charge in [-0.2, -0.15) is 10.2 Å². The van der Waals surface area contributed by atoms with Crippen LogP contribution in [0.25, 0.3) is 0 Å². The van der Waals surface area contributed by atoms with Crippen molar-refractivity contribution >= 4 is 58.1 Å². The molecule has 0 heterocycles. The Morgan fingerprint density at radius 2 is 1.56 bits per heavy atom. The zero-order valence-corrected chi connectivity index (χ0v) is 16.4. The van der Waals surface area contributed by atoms with Gasteiger partial charge in [0.15, 0.2) is 0 Å². The van der Waals surface area contributed by atoms with Crippen molar-refractivity contribution < 1.29 is 0 Å². The molecule has 0 amide bonds. The van der Waals surface area contributed by atoms with Crippen molar-refractivity contribution in [1.82, 2.24) is 0 Å². The molecule has 0 saturated heterocycles. The molecule has 2 aromatic rings. The summed E-state index contributed by atoms with van der Waals surface area (Å²) in [6.07, 6.45) is 1.66. The normalized spacial score (nSPS) is 12.5. The molecule has 132 valence electrons. The first kappa shape index (κ1) is 19.6. The molecule has 0 aliphatic carbocycles. The fourth-order valence-electron chi connectivity index (χ4n) is 1.84. The van der Waals surface area contributed by atoms with Gasteiger partial charge in [-0.3, -0.25) is 10.9 Å². The third-order valence-electron chi connectivity index (χ3n) is 3.22. The lowest BCUT2D eigenvalue weighted by molar-refractivity contribution is 0.597. The summed E-state index contributed by atoms with van der Waals surface area (Å²) in [5.74, 6) is 0. The van der Waals surface area contributed by atoms with E-state index in [0.29, 0.717) is 20.8 Å². The van der Waals surface area contributed by atoms with Crippen LogP contribution in [-0.4, -0.2) is 11.9 Å². The van der Waals surface area contributed by atoms with Gasteiger partial charge in [0.05, 0.1) is 33.3 Å². The Morgan fingerprint density at radius 3 is 2.12 bits per heavy atom. The first-order valence-electron chi connectivity index (χ1n) is 7.60. The van der Waals surface area contributed by atoms with E-state index in [4.69, 9.17) is 34.8 Å². The number of halogens is 3. The Morgan fingerprint density at radius 1 is 0.960 bits per heavy atom. The van der Waals surface area contributed by atoms with Crippen molar-refractivity contribution in [3.8, 4) is 0 Å². The van der Waals surface area contributed by atoms with E-state index in [1.165, 1.54) is 0 Å². The molecule has 7 heteroatoms. The summed E-state index contributed by atoms with van der Waals surface area (Å²) < 4.78 is 0. The number of benzene rings is 2. The molecule has 0 radical (unpaired) electrons. The molecule has 2 aromatic carbocycles. The molecule has 0 aliphatic rings. The minimum atomic E-state index is -0.236. The highest BCUT2D eigenvalue weighted by atomic mass is 35.5. The Balaban J connectivity index is 2.19. The molecular formula is C18H19Cl3N4. The highest BCUT2D eigenvalue weighted by Gasteiger charge is 2.18. The van der Waals surface area contributed by atoms with Gasteiger partial charge in [-0.15, -0.1) is 0 Å². The number of para-hydroxylation sites is 1. The van der Waals surface area contributed by atoms with Gasteiger partial charge in [-0.1, -0.05) is 73.8 Å². The van der Waals surface area contributed by atoms with Crippen LogP contribution in [0.3, 0.4) is 0 Å². The first-order valence-corrected chi connectivity index (χ1v) is 8.73. The van der Waals surface area contributed by atoms with E-state index in [0.717, 1.165) is 11.4 Å². The molecule has 2 N–H and O–H groups in total. The molecule has 0 aliphatic heterocycles. The maximum absolute atomic E-state index is 6.17. The Kier molecular flexibility index (Phi) is 6.71. The summed E-state index contributed by atoms with van der Waals surface area (Å²) in [4.78, 5) is 0. The van der Waals surface area contributed by atoms with Gasteiger partial charge in [0.25, 0.3) is 0 Å². The fourth-order valence-corrected chi connectivity index (χ4v) is 2.74. The topological polar surface area (TPSA) is 48.8 Å². The van der Waals surface area contributed by atoms with Crippen LogP contribution >= 0.6 is 34.8 Å². The summed E-state index contributed by atoms with van der Waals surface area (Å²) >= 11 is 18.3. The maximum atomic E-state index is 6.17. The van der Waals surface area contributed by atoms with Crippen molar-refractivity contribution in [2.75, 3.05) is 10.9 Å². The second-order valence-electron chi connectivity index (χ2n) is 6.34. The van der Waals surface area contributed by atoms with Crippen LogP contribution < -0.4 is 10.9 Å². The quantitative estimate of drug-likeness (QED) is 0.443. The minimum Gasteiger partial charge on any atom is -0.278 e. The number of hydrogen-bond acceptors (Lipinski definition) is 4. The van der Waals surface area contributed by atoms with Crippen LogP contribution in [-0.2, 0) is 0 Å². The van der Waals surface area contributed by atoms with Crippen molar-refractivity contribution in [3.63, 3.8) is 0 Å². The highest BCUT2D eigenvalue weighted by molar-refractivity contribution is 6.41. The third kappa shape index (κ3) is 5.92. The van der Waals surface area contributed by atoms with Crippen LogP contribution in [0, 0.1) is 5.41 Å². The maximum Gasteiger partial charge on any atom is 0.0935 e. The summed E-state index contributed by atoms with van der Waals surface area (Å²) in [6.45, 7) is 6.10. The van der Waals surface area contributed by atoms with Gasteiger partial charge in [0, 0.05) is 10.4 Å². The molecule has 0 unspecified atom stereocenters. The average molecular weight is 398 g/mol. The zero-order valence-electron chi connectivity index (χ0n) is 14.1. The van der Waals surface area contributed by atoms with Crippen LogP contribution in [0.2, 0.25) is 15.1 Å². The van der Waals surface area contributed by atoms with E-state index in [1.807, 2.05) is 51.1 Å². The second kappa shape index (κ2) is 8.56. The van der Waals surface area contributed by atoms with Crippen LogP contribution in [0.5, 0.6) is 0 Å². The minimum absolute atomic E-state index is 0.236. The molecule has 4 nitrogen and oxygen atoms in total. The molecule has 0 atom stereocenters. The molecule has 2 rings (SSSR count). The largest absolute Gasteiger partial charge is 0.278 e. The van der Waals surface area contributed by atoms with Gasteiger partial charge in [-0.25, -0.2) is 0 Å². The van der Waals surface area contributed by atoms with Crippen LogP contribution in [0.4, 0.5) is 11.4 Å². The highest BCUT2D eigenvalue weighted by Crippen LogP contribution is 2.33. The van der Waals surface area contributed by atoms with Crippen molar-refractivity contribution in [2.24, 2.45) is 15.6 Å². The van der Waals surface area contributed by atoms with E-state index in [9.17, 15) is 0 Å². The number of nitrogens with one attached hydrogen (secondary N) is 2.